The lowest BCUT2D eigenvalue weighted by Gasteiger charge is -2.05. The van der Waals surface area contributed by atoms with Crippen LogP contribution < -0.4 is 0 Å². The third-order valence-corrected chi connectivity index (χ3v) is 1.98. The van der Waals surface area contributed by atoms with Gasteiger partial charge in [-0.1, -0.05) is 25.4 Å². The van der Waals surface area contributed by atoms with Crippen LogP contribution in [0.15, 0.2) is 12.3 Å². The Balaban J connectivity index is 2.93. The minimum atomic E-state index is 0.512. The molecule has 0 aromatic carbocycles. The van der Waals surface area contributed by atoms with Crippen LogP contribution in [0.1, 0.15) is 25.1 Å². The molecule has 0 amide bonds. The first kappa shape index (κ1) is 10.0. The normalized spacial score (nSPS) is 10.1. The lowest BCUT2D eigenvalue weighted by molar-refractivity contribution is 0.635. The summed E-state index contributed by atoms with van der Waals surface area (Å²) in [5.41, 5.74) is 1.38. The highest BCUT2D eigenvalue weighted by atomic mass is 35.5. The fourth-order valence-corrected chi connectivity index (χ4v) is 1.31. The van der Waals surface area contributed by atoms with Crippen molar-refractivity contribution in [2.75, 3.05) is 0 Å². The molecule has 0 atom stereocenters. The maximum absolute atomic E-state index is 8.59. The summed E-state index contributed by atoms with van der Waals surface area (Å²) < 4.78 is 0. The first-order valence-corrected chi connectivity index (χ1v) is 4.55. The van der Waals surface area contributed by atoms with Gasteiger partial charge in [-0.2, -0.15) is 5.26 Å². The van der Waals surface area contributed by atoms with Crippen molar-refractivity contribution in [3.05, 3.63) is 28.5 Å². The van der Waals surface area contributed by atoms with E-state index in [9.17, 15) is 0 Å². The third-order valence-electron chi connectivity index (χ3n) is 1.65. The molecule has 0 unspecified atom stereocenters. The molecule has 0 aliphatic rings. The van der Waals surface area contributed by atoms with E-state index < -0.39 is 0 Å². The van der Waals surface area contributed by atoms with E-state index >= 15 is 0 Å². The SMILES string of the molecule is CC(C)Cc1ncc(C#N)cc1Cl. The number of aromatic nitrogens is 1. The summed E-state index contributed by atoms with van der Waals surface area (Å²) in [6.45, 7) is 4.21. The van der Waals surface area contributed by atoms with E-state index in [0.717, 1.165) is 12.1 Å². The van der Waals surface area contributed by atoms with E-state index in [1.165, 1.54) is 0 Å². The van der Waals surface area contributed by atoms with Crippen molar-refractivity contribution in [3.63, 3.8) is 0 Å². The molecule has 0 fully saturated rings. The van der Waals surface area contributed by atoms with Gasteiger partial charge in [0.05, 0.1) is 16.3 Å². The van der Waals surface area contributed by atoms with Crippen LogP contribution in [-0.4, -0.2) is 4.98 Å². The Morgan fingerprint density at radius 1 is 1.62 bits per heavy atom. The zero-order valence-electron chi connectivity index (χ0n) is 7.71. The summed E-state index contributed by atoms with van der Waals surface area (Å²) in [5, 5.41) is 9.18. The highest BCUT2D eigenvalue weighted by Crippen LogP contribution is 2.17. The third kappa shape index (κ3) is 2.71. The number of hydrogen-bond acceptors (Lipinski definition) is 2. The zero-order valence-corrected chi connectivity index (χ0v) is 8.47. The van der Waals surface area contributed by atoms with Crippen molar-refractivity contribution in [3.8, 4) is 6.07 Å². The number of halogens is 1. The molecule has 1 heterocycles. The Bertz CT molecular complexity index is 339. The monoisotopic (exact) mass is 194 g/mol. The number of rotatable bonds is 2. The predicted molar refractivity (Wildman–Crippen MR) is 52.5 cm³/mol. The second-order valence-electron chi connectivity index (χ2n) is 3.36. The van der Waals surface area contributed by atoms with Crippen LogP contribution in [0.2, 0.25) is 5.02 Å². The maximum atomic E-state index is 8.59. The Kier molecular flexibility index (Phi) is 3.27. The highest BCUT2D eigenvalue weighted by molar-refractivity contribution is 6.31. The van der Waals surface area contributed by atoms with Crippen LogP contribution in [0.4, 0.5) is 0 Å². The van der Waals surface area contributed by atoms with Crippen LogP contribution in [0.25, 0.3) is 0 Å². The Hall–Kier alpha value is -1.07. The Morgan fingerprint density at radius 3 is 2.77 bits per heavy atom. The van der Waals surface area contributed by atoms with Gasteiger partial charge in [-0.05, 0) is 18.4 Å². The lowest BCUT2D eigenvalue weighted by Crippen LogP contribution is -1.98. The van der Waals surface area contributed by atoms with Gasteiger partial charge in [-0.25, -0.2) is 0 Å². The summed E-state index contributed by atoms with van der Waals surface area (Å²) in [5.74, 6) is 0.526. The Labute approximate surface area is 83.2 Å². The van der Waals surface area contributed by atoms with E-state index in [-0.39, 0.29) is 0 Å². The van der Waals surface area contributed by atoms with Gasteiger partial charge in [0.15, 0.2) is 0 Å². The molecular weight excluding hydrogens is 184 g/mol. The van der Waals surface area contributed by atoms with Crippen LogP contribution in [0.5, 0.6) is 0 Å². The molecule has 0 bridgehead atoms. The standard InChI is InChI=1S/C10H11ClN2/c1-7(2)3-10-9(11)4-8(5-12)6-13-10/h4,6-7H,3H2,1-2H3. The topological polar surface area (TPSA) is 36.7 Å². The van der Waals surface area contributed by atoms with Crippen LogP contribution in [0.3, 0.4) is 0 Å². The average Bonchev–Trinajstić information content (AvgIpc) is 2.08. The lowest BCUT2D eigenvalue weighted by atomic mass is 10.1. The average molecular weight is 195 g/mol. The number of pyridine rings is 1. The molecular formula is C10H11ClN2. The molecule has 2 nitrogen and oxygen atoms in total. The minimum Gasteiger partial charge on any atom is -0.258 e. The first-order valence-electron chi connectivity index (χ1n) is 4.18. The van der Waals surface area contributed by atoms with E-state index in [2.05, 4.69) is 18.8 Å². The smallest absolute Gasteiger partial charge is 0.101 e. The molecule has 1 rings (SSSR count). The van der Waals surface area contributed by atoms with Gasteiger partial charge in [0, 0.05) is 6.20 Å². The maximum Gasteiger partial charge on any atom is 0.101 e. The molecule has 0 radical (unpaired) electrons. The van der Waals surface area contributed by atoms with E-state index in [1.807, 2.05) is 6.07 Å². The molecule has 1 aromatic rings. The minimum absolute atomic E-state index is 0.512. The van der Waals surface area contributed by atoms with Crippen LogP contribution in [0, 0.1) is 17.2 Å². The van der Waals surface area contributed by atoms with Crippen molar-refractivity contribution in [1.82, 2.24) is 4.98 Å². The van der Waals surface area contributed by atoms with Crippen molar-refractivity contribution in [1.29, 1.82) is 5.26 Å². The second kappa shape index (κ2) is 4.25. The van der Waals surface area contributed by atoms with Crippen molar-refractivity contribution >= 4 is 11.6 Å². The second-order valence-corrected chi connectivity index (χ2v) is 3.77. The van der Waals surface area contributed by atoms with Gasteiger partial charge >= 0.3 is 0 Å². The summed E-state index contributed by atoms with van der Waals surface area (Å²) in [6.07, 6.45) is 2.41. The summed E-state index contributed by atoms with van der Waals surface area (Å²) in [7, 11) is 0. The van der Waals surface area contributed by atoms with Gasteiger partial charge in [-0.3, -0.25) is 4.98 Å². The van der Waals surface area contributed by atoms with Gasteiger partial charge in [0.2, 0.25) is 0 Å². The molecule has 0 aliphatic carbocycles. The Morgan fingerprint density at radius 2 is 2.31 bits per heavy atom. The fraction of sp³-hybridized carbons (Fsp3) is 0.400. The molecule has 0 saturated heterocycles. The molecule has 13 heavy (non-hydrogen) atoms. The molecule has 3 heteroatoms. The van der Waals surface area contributed by atoms with Crippen molar-refractivity contribution < 1.29 is 0 Å². The number of hydrogen-bond donors (Lipinski definition) is 0. The van der Waals surface area contributed by atoms with Crippen molar-refractivity contribution in [2.24, 2.45) is 5.92 Å². The first-order chi connectivity index (χ1) is 6.13. The van der Waals surface area contributed by atoms with Gasteiger partial charge < -0.3 is 0 Å². The van der Waals surface area contributed by atoms with Crippen LogP contribution in [-0.2, 0) is 6.42 Å². The predicted octanol–water partition coefficient (Wildman–Crippen LogP) is 2.81. The van der Waals surface area contributed by atoms with Crippen molar-refractivity contribution in [2.45, 2.75) is 20.3 Å². The van der Waals surface area contributed by atoms with E-state index in [0.29, 0.717) is 16.5 Å². The molecule has 0 spiro atoms. The zero-order chi connectivity index (χ0) is 9.84. The molecule has 0 aliphatic heterocycles. The van der Waals surface area contributed by atoms with Gasteiger partial charge in [0.25, 0.3) is 0 Å². The molecule has 0 saturated carbocycles. The molecule has 0 N–H and O–H groups in total. The molecule has 1 aromatic heterocycles. The fourth-order valence-electron chi connectivity index (χ4n) is 1.06. The summed E-state index contributed by atoms with van der Waals surface area (Å²) in [6, 6.07) is 3.66. The highest BCUT2D eigenvalue weighted by Gasteiger charge is 2.05. The van der Waals surface area contributed by atoms with Crippen LogP contribution >= 0.6 is 11.6 Å². The largest absolute Gasteiger partial charge is 0.258 e. The van der Waals surface area contributed by atoms with E-state index in [4.69, 9.17) is 16.9 Å². The van der Waals surface area contributed by atoms with Gasteiger partial charge in [-0.15, -0.1) is 0 Å². The van der Waals surface area contributed by atoms with E-state index in [1.54, 1.807) is 12.3 Å². The summed E-state index contributed by atoms with van der Waals surface area (Å²) >= 11 is 5.94. The molecule has 68 valence electrons. The van der Waals surface area contributed by atoms with Gasteiger partial charge in [0.1, 0.15) is 6.07 Å². The number of nitriles is 1. The quantitative estimate of drug-likeness (QED) is 0.726. The number of nitrogens with zero attached hydrogens (tertiary/aromatic N) is 2. The summed E-state index contributed by atoms with van der Waals surface area (Å²) in [4.78, 5) is 4.13.